The molecule has 2 aromatic rings. The lowest BCUT2D eigenvalue weighted by Crippen LogP contribution is -2.51. The molecule has 0 radical (unpaired) electrons. The molecule has 2 rings (SSSR count). The van der Waals surface area contributed by atoms with Crippen LogP contribution < -0.4 is 10.1 Å². The van der Waals surface area contributed by atoms with E-state index >= 15 is 0 Å². The molecule has 0 aliphatic carbocycles. The van der Waals surface area contributed by atoms with Crippen molar-refractivity contribution in [1.82, 2.24) is 10.2 Å². The molecule has 5 heteroatoms. The third kappa shape index (κ3) is 6.63. The van der Waals surface area contributed by atoms with Crippen LogP contribution in [0.5, 0.6) is 5.75 Å². The van der Waals surface area contributed by atoms with Gasteiger partial charge in [-0.25, -0.2) is 0 Å². The Labute approximate surface area is 174 Å². The van der Waals surface area contributed by atoms with Crippen molar-refractivity contribution in [2.75, 3.05) is 6.61 Å². The molecule has 1 atom stereocenters. The molecule has 0 aliphatic heterocycles. The zero-order valence-electron chi connectivity index (χ0n) is 18.1. The summed E-state index contributed by atoms with van der Waals surface area (Å²) in [7, 11) is 0. The van der Waals surface area contributed by atoms with Crippen LogP contribution in [0.15, 0.2) is 48.5 Å². The fourth-order valence-corrected chi connectivity index (χ4v) is 3.25. The van der Waals surface area contributed by atoms with Crippen LogP contribution in [0.2, 0.25) is 0 Å². The Morgan fingerprint density at radius 1 is 1.07 bits per heavy atom. The van der Waals surface area contributed by atoms with Crippen molar-refractivity contribution in [2.24, 2.45) is 0 Å². The van der Waals surface area contributed by atoms with Crippen molar-refractivity contribution in [3.05, 3.63) is 65.2 Å². The predicted molar refractivity (Wildman–Crippen MR) is 116 cm³/mol. The van der Waals surface area contributed by atoms with Crippen molar-refractivity contribution in [3.8, 4) is 5.75 Å². The second-order valence-electron chi connectivity index (χ2n) is 7.65. The number of para-hydroxylation sites is 1. The quantitative estimate of drug-likeness (QED) is 0.697. The first-order valence-corrected chi connectivity index (χ1v) is 10.2. The number of aryl methyl sites for hydroxylation is 2. The number of hydrogen-bond donors (Lipinski definition) is 1. The van der Waals surface area contributed by atoms with Crippen LogP contribution >= 0.6 is 0 Å². The number of carbonyl (C=O) groups is 2. The molecule has 0 aliphatic rings. The number of amides is 2. The van der Waals surface area contributed by atoms with Gasteiger partial charge in [-0.05, 0) is 51.3 Å². The van der Waals surface area contributed by atoms with Gasteiger partial charge in [-0.1, -0.05) is 55.0 Å². The number of nitrogens with one attached hydrogen (secondary N) is 1. The van der Waals surface area contributed by atoms with E-state index in [1.54, 1.807) is 4.90 Å². The van der Waals surface area contributed by atoms with Crippen molar-refractivity contribution in [1.29, 1.82) is 0 Å². The zero-order valence-corrected chi connectivity index (χ0v) is 18.1. The average molecular weight is 397 g/mol. The van der Waals surface area contributed by atoms with E-state index in [1.807, 2.05) is 83.1 Å². The molecule has 0 aromatic heterocycles. The molecule has 2 aromatic carbocycles. The van der Waals surface area contributed by atoms with Crippen LogP contribution in [0.25, 0.3) is 0 Å². The van der Waals surface area contributed by atoms with E-state index in [2.05, 4.69) is 5.32 Å². The van der Waals surface area contributed by atoms with Gasteiger partial charge in [0.1, 0.15) is 11.8 Å². The minimum Gasteiger partial charge on any atom is -0.484 e. The number of rotatable bonds is 9. The number of nitrogens with zero attached hydrogens (tertiary/aromatic N) is 1. The highest BCUT2D eigenvalue weighted by Crippen LogP contribution is 2.18. The van der Waals surface area contributed by atoms with Crippen molar-refractivity contribution < 1.29 is 14.3 Å². The Bertz CT molecular complexity index is 832. The second kappa shape index (κ2) is 10.6. The van der Waals surface area contributed by atoms with Gasteiger partial charge < -0.3 is 15.0 Å². The third-order valence-corrected chi connectivity index (χ3v) is 4.70. The largest absolute Gasteiger partial charge is 0.484 e. The van der Waals surface area contributed by atoms with Gasteiger partial charge in [0, 0.05) is 12.6 Å². The fraction of sp³-hybridized carbons (Fsp3) is 0.417. The molecule has 29 heavy (non-hydrogen) atoms. The maximum absolute atomic E-state index is 13.1. The average Bonchev–Trinajstić information content (AvgIpc) is 2.66. The normalized spacial score (nSPS) is 11.8. The van der Waals surface area contributed by atoms with Gasteiger partial charge in [0.2, 0.25) is 5.91 Å². The first-order chi connectivity index (χ1) is 13.8. The van der Waals surface area contributed by atoms with E-state index in [1.165, 1.54) is 0 Å². The molecule has 0 spiro atoms. The third-order valence-electron chi connectivity index (χ3n) is 4.70. The Hall–Kier alpha value is -2.82. The number of carbonyl (C=O) groups excluding carboxylic acids is 2. The van der Waals surface area contributed by atoms with Crippen LogP contribution in [0.1, 0.15) is 43.9 Å². The van der Waals surface area contributed by atoms with Crippen LogP contribution in [0, 0.1) is 13.8 Å². The molecule has 0 heterocycles. The van der Waals surface area contributed by atoms with E-state index in [0.717, 1.165) is 16.7 Å². The minimum absolute atomic E-state index is 0.00990. The van der Waals surface area contributed by atoms with Crippen LogP contribution in [0.3, 0.4) is 0 Å². The molecular formula is C24H32N2O3. The molecule has 2 amide bonds. The molecule has 5 nitrogen and oxygen atoms in total. The SMILES string of the molecule is CC[C@H](C(=O)NC(C)C)N(Cc1cccc(C)c1)C(=O)COc1ccccc1C. The van der Waals surface area contributed by atoms with Gasteiger partial charge in [0.15, 0.2) is 6.61 Å². The van der Waals surface area contributed by atoms with Gasteiger partial charge in [0.25, 0.3) is 5.91 Å². The van der Waals surface area contributed by atoms with Gasteiger partial charge in [-0.15, -0.1) is 0 Å². The van der Waals surface area contributed by atoms with E-state index < -0.39 is 6.04 Å². The molecule has 1 N–H and O–H groups in total. The fourth-order valence-electron chi connectivity index (χ4n) is 3.25. The van der Waals surface area contributed by atoms with Gasteiger partial charge in [0.05, 0.1) is 0 Å². The summed E-state index contributed by atoms with van der Waals surface area (Å²) in [6, 6.07) is 15.0. The molecule has 0 saturated carbocycles. The van der Waals surface area contributed by atoms with Crippen molar-refractivity contribution in [3.63, 3.8) is 0 Å². The summed E-state index contributed by atoms with van der Waals surface area (Å²) in [6.45, 7) is 9.96. The highest BCUT2D eigenvalue weighted by Gasteiger charge is 2.29. The summed E-state index contributed by atoms with van der Waals surface area (Å²) >= 11 is 0. The van der Waals surface area contributed by atoms with E-state index in [0.29, 0.717) is 18.7 Å². The monoisotopic (exact) mass is 396 g/mol. The Morgan fingerprint density at radius 3 is 2.41 bits per heavy atom. The van der Waals surface area contributed by atoms with E-state index in [4.69, 9.17) is 4.74 Å². The molecule has 0 fully saturated rings. The maximum atomic E-state index is 13.1. The van der Waals surface area contributed by atoms with Crippen molar-refractivity contribution >= 4 is 11.8 Å². The predicted octanol–water partition coefficient (Wildman–Crippen LogP) is 4.01. The first-order valence-electron chi connectivity index (χ1n) is 10.2. The summed E-state index contributed by atoms with van der Waals surface area (Å²) < 4.78 is 5.77. The van der Waals surface area contributed by atoms with Crippen LogP contribution in [0.4, 0.5) is 0 Å². The summed E-state index contributed by atoms with van der Waals surface area (Å²) in [5, 5.41) is 2.94. The van der Waals surface area contributed by atoms with Crippen molar-refractivity contribution in [2.45, 2.75) is 59.7 Å². The highest BCUT2D eigenvalue weighted by atomic mass is 16.5. The van der Waals surface area contributed by atoms with E-state index in [-0.39, 0.29) is 24.5 Å². The highest BCUT2D eigenvalue weighted by molar-refractivity contribution is 5.88. The number of benzene rings is 2. The summed E-state index contributed by atoms with van der Waals surface area (Å²) in [4.78, 5) is 27.5. The summed E-state index contributed by atoms with van der Waals surface area (Å²) in [5.74, 6) is 0.330. The Morgan fingerprint density at radius 2 is 1.79 bits per heavy atom. The Balaban J connectivity index is 2.23. The number of ether oxygens (including phenoxy) is 1. The zero-order chi connectivity index (χ0) is 21.4. The molecular weight excluding hydrogens is 364 g/mol. The summed E-state index contributed by atoms with van der Waals surface area (Å²) in [5.41, 5.74) is 3.07. The molecule has 0 unspecified atom stereocenters. The van der Waals surface area contributed by atoms with Gasteiger partial charge in [-0.2, -0.15) is 0 Å². The summed E-state index contributed by atoms with van der Waals surface area (Å²) in [6.07, 6.45) is 0.528. The maximum Gasteiger partial charge on any atom is 0.261 e. The van der Waals surface area contributed by atoms with Crippen LogP contribution in [-0.2, 0) is 16.1 Å². The first kappa shape index (κ1) is 22.5. The lowest BCUT2D eigenvalue weighted by Gasteiger charge is -2.31. The molecule has 0 saturated heterocycles. The van der Waals surface area contributed by atoms with Gasteiger partial charge >= 0.3 is 0 Å². The van der Waals surface area contributed by atoms with Crippen LogP contribution in [-0.4, -0.2) is 35.4 Å². The minimum atomic E-state index is -0.550. The lowest BCUT2D eigenvalue weighted by molar-refractivity contribution is -0.143. The lowest BCUT2D eigenvalue weighted by atomic mass is 10.1. The Kier molecular flexibility index (Phi) is 8.25. The smallest absolute Gasteiger partial charge is 0.261 e. The van der Waals surface area contributed by atoms with E-state index in [9.17, 15) is 9.59 Å². The standard InChI is InChI=1S/C24H32N2O3/c1-6-21(24(28)25-17(2)3)26(15-20-12-9-10-18(4)14-20)23(27)16-29-22-13-8-7-11-19(22)5/h7-14,17,21H,6,15-16H2,1-5H3,(H,25,28)/t21-/m1/s1. The number of hydrogen-bond acceptors (Lipinski definition) is 3. The topological polar surface area (TPSA) is 58.6 Å². The molecule has 156 valence electrons. The van der Waals surface area contributed by atoms with Gasteiger partial charge in [-0.3, -0.25) is 9.59 Å². The second-order valence-corrected chi connectivity index (χ2v) is 7.65. The molecule has 0 bridgehead atoms.